The van der Waals surface area contributed by atoms with Crippen molar-refractivity contribution in [1.82, 2.24) is 24.8 Å². The molecule has 1 aromatic carbocycles. The predicted octanol–water partition coefficient (Wildman–Crippen LogP) is 5.78. The molecule has 0 radical (unpaired) electrons. The molecular formula is C34H39F3N8OS. The average Bonchev–Trinajstić information content (AvgIpc) is 3.53. The Morgan fingerprint density at radius 1 is 1.15 bits per heavy atom. The molecule has 8 rings (SSSR count). The fraction of sp³-hybridized carbons (Fsp3) is 0.529. The molecule has 4 fully saturated rings. The molecule has 0 spiro atoms. The average molecular weight is 665 g/mol. The zero-order valence-corrected chi connectivity index (χ0v) is 27.6. The third-order valence-corrected chi connectivity index (χ3v) is 11.3. The number of carbonyl (C=O) groups excluding carboxylic acids is 1. The van der Waals surface area contributed by atoms with Gasteiger partial charge in [0, 0.05) is 53.5 Å². The van der Waals surface area contributed by atoms with Gasteiger partial charge < -0.3 is 20.9 Å². The van der Waals surface area contributed by atoms with E-state index in [1.54, 1.807) is 19.9 Å². The van der Waals surface area contributed by atoms with Gasteiger partial charge in [-0.2, -0.15) is 18.4 Å². The van der Waals surface area contributed by atoms with Crippen molar-refractivity contribution < 1.29 is 18.0 Å². The van der Waals surface area contributed by atoms with Crippen molar-refractivity contribution in [2.24, 2.45) is 11.1 Å². The van der Waals surface area contributed by atoms with Gasteiger partial charge in [0.1, 0.15) is 28.7 Å². The summed E-state index contributed by atoms with van der Waals surface area (Å²) in [5.41, 5.74) is 9.17. The van der Waals surface area contributed by atoms with E-state index in [9.17, 15) is 23.2 Å². The Hall–Kier alpha value is -3.73. The number of fused-ring (bicyclic) bond motifs is 2. The number of nitrogens with two attached hydrogens (primary N) is 1. The third kappa shape index (κ3) is 6.07. The lowest BCUT2D eigenvalue weighted by Crippen LogP contribution is -2.77. The maximum atomic E-state index is 12.9. The van der Waals surface area contributed by atoms with Gasteiger partial charge in [0.25, 0.3) is 0 Å². The molecule has 1 aliphatic heterocycles. The molecule has 0 atom stereocenters. The standard InChI is InChI=1S/C34H39F3N8OS/c1-20-21(14-44-8-6-22(7-9-44)42-28-26-11-24(12-34(35,36)37)47-29(26)41-19-40-28)4-5-27-25(20)10-23(13-38)45(27)18-32-15-33(16-32,17-32)43-30(46)31(2,3)39/h4-5,10-11,19,22H,6-9,12,14-18,39H2,1-3H3,(H,43,46)(H,40,41,42). The predicted molar refractivity (Wildman–Crippen MR) is 176 cm³/mol. The second-order valence-corrected chi connectivity index (χ2v) is 15.8. The summed E-state index contributed by atoms with van der Waals surface area (Å²) < 4.78 is 41.0. The molecule has 9 nitrogen and oxygen atoms in total. The number of piperidine rings is 1. The van der Waals surface area contributed by atoms with Crippen LogP contribution < -0.4 is 16.4 Å². The molecule has 47 heavy (non-hydrogen) atoms. The molecule has 4 aromatic rings. The molecular weight excluding hydrogens is 625 g/mol. The minimum atomic E-state index is -4.26. The van der Waals surface area contributed by atoms with Crippen molar-refractivity contribution in [3.8, 4) is 6.07 Å². The lowest BCUT2D eigenvalue weighted by atomic mass is 9.39. The second kappa shape index (κ2) is 11.2. The fourth-order valence-electron chi connectivity index (χ4n) is 7.97. The number of amides is 1. The van der Waals surface area contributed by atoms with E-state index in [1.165, 1.54) is 17.5 Å². The molecule has 248 valence electrons. The van der Waals surface area contributed by atoms with E-state index in [-0.39, 0.29) is 27.8 Å². The van der Waals surface area contributed by atoms with Gasteiger partial charge in [0.05, 0.1) is 17.3 Å². The summed E-state index contributed by atoms with van der Waals surface area (Å²) in [5, 5.41) is 18.4. The number of rotatable bonds is 9. The van der Waals surface area contributed by atoms with Crippen LogP contribution in [0, 0.1) is 23.7 Å². The summed E-state index contributed by atoms with van der Waals surface area (Å²) in [6.07, 6.45) is 0.669. The Morgan fingerprint density at radius 2 is 1.87 bits per heavy atom. The SMILES string of the molecule is Cc1c(CN2CCC(Nc3ncnc4sc(CC(F)(F)F)cc34)CC2)ccc2c1cc(C#N)n2CC12CC(NC(=O)C(C)(C)N)(C1)C2. The van der Waals surface area contributed by atoms with E-state index >= 15 is 0 Å². The monoisotopic (exact) mass is 664 g/mol. The van der Waals surface area contributed by atoms with Gasteiger partial charge in [-0.25, -0.2) is 9.97 Å². The lowest BCUT2D eigenvalue weighted by molar-refractivity contribution is -0.173. The molecule has 4 heterocycles. The third-order valence-electron chi connectivity index (χ3n) is 10.3. The zero-order chi connectivity index (χ0) is 33.4. The largest absolute Gasteiger partial charge is 0.393 e. The zero-order valence-electron chi connectivity index (χ0n) is 26.8. The number of benzene rings is 1. The number of nitrogens with one attached hydrogen (secondary N) is 2. The van der Waals surface area contributed by atoms with Crippen LogP contribution in [0.1, 0.15) is 67.6 Å². The maximum Gasteiger partial charge on any atom is 0.393 e. The van der Waals surface area contributed by atoms with Crippen molar-refractivity contribution in [1.29, 1.82) is 5.26 Å². The van der Waals surface area contributed by atoms with Crippen LogP contribution in [-0.2, 0) is 24.3 Å². The van der Waals surface area contributed by atoms with Gasteiger partial charge in [-0.05, 0) is 87.6 Å². The topological polar surface area (TPSA) is 125 Å². The number of carbonyl (C=O) groups is 1. The molecule has 3 saturated carbocycles. The molecule has 0 unspecified atom stereocenters. The summed E-state index contributed by atoms with van der Waals surface area (Å²) in [4.78, 5) is 24.2. The van der Waals surface area contributed by atoms with Crippen LogP contribution in [0.3, 0.4) is 0 Å². The number of thiophene rings is 1. The van der Waals surface area contributed by atoms with E-state index in [0.29, 0.717) is 21.7 Å². The van der Waals surface area contributed by atoms with Crippen LogP contribution in [0.15, 0.2) is 30.6 Å². The molecule has 3 aliphatic carbocycles. The van der Waals surface area contributed by atoms with Crippen LogP contribution in [-0.4, -0.2) is 61.7 Å². The van der Waals surface area contributed by atoms with Gasteiger partial charge in [-0.15, -0.1) is 11.3 Å². The van der Waals surface area contributed by atoms with E-state index in [2.05, 4.69) is 55.2 Å². The van der Waals surface area contributed by atoms with Crippen LogP contribution in [0.25, 0.3) is 21.1 Å². The summed E-state index contributed by atoms with van der Waals surface area (Å²) >= 11 is 1.06. The van der Waals surface area contributed by atoms with Gasteiger partial charge in [-0.1, -0.05) is 6.07 Å². The lowest BCUT2D eigenvalue weighted by Gasteiger charge is -2.71. The molecule has 1 amide bonds. The highest BCUT2D eigenvalue weighted by molar-refractivity contribution is 7.18. The number of aryl methyl sites for hydroxylation is 1. The number of anilines is 1. The van der Waals surface area contributed by atoms with Gasteiger partial charge in [0.15, 0.2) is 0 Å². The first-order valence-corrected chi connectivity index (χ1v) is 16.9. The Bertz CT molecular complexity index is 1890. The van der Waals surface area contributed by atoms with Crippen LogP contribution in [0.4, 0.5) is 19.0 Å². The van der Waals surface area contributed by atoms with E-state index < -0.39 is 18.1 Å². The van der Waals surface area contributed by atoms with Crippen LogP contribution in [0.5, 0.6) is 0 Å². The van der Waals surface area contributed by atoms with Gasteiger partial charge >= 0.3 is 6.18 Å². The van der Waals surface area contributed by atoms with Gasteiger partial charge in [-0.3, -0.25) is 9.69 Å². The van der Waals surface area contributed by atoms with Crippen molar-refractivity contribution in [3.63, 3.8) is 0 Å². The number of nitriles is 1. The second-order valence-electron chi connectivity index (χ2n) is 14.6. The number of likely N-dealkylation sites (tertiary alicyclic amines) is 1. The van der Waals surface area contributed by atoms with Crippen molar-refractivity contribution >= 4 is 44.2 Å². The molecule has 4 N–H and O–H groups in total. The summed E-state index contributed by atoms with van der Waals surface area (Å²) in [6, 6.07) is 10.5. The number of alkyl halides is 3. The van der Waals surface area contributed by atoms with Crippen LogP contribution in [0.2, 0.25) is 0 Å². The Morgan fingerprint density at radius 3 is 2.53 bits per heavy atom. The highest BCUT2D eigenvalue weighted by atomic mass is 32.1. The van der Waals surface area contributed by atoms with E-state index in [1.807, 2.05) is 6.07 Å². The quantitative estimate of drug-likeness (QED) is 0.207. The molecule has 4 aliphatic rings. The number of nitrogens with zero attached hydrogens (tertiary/aromatic N) is 5. The Labute approximate surface area is 275 Å². The van der Waals surface area contributed by atoms with Crippen LogP contribution >= 0.6 is 11.3 Å². The molecule has 3 aromatic heterocycles. The fourth-order valence-corrected chi connectivity index (χ4v) is 8.99. The summed E-state index contributed by atoms with van der Waals surface area (Å²) in [6.45, 7) is 8.88. The van der Waals surface area contributed by atoms with Gasteiger partial charge in [0.2, 0.25) is 5.91 Å². The number of hydrogen-bond donors (Lipinski definition) is 3. The number of halogens is 3. The highest BCUT2D eigenvalue weighted by Crippen LogP contribution is 2.68. The van der Waals surface area contributed by atoms with E-state index in [0.717, 1.165) is 80.5 Å². The summed E-state index contributed by atoms with van der Waals surface area (Å²) in [7, 11) is 0. The van der Waals surface area contributed by atoms with E-state index in [4.69, 9.17) is 5.73 Å². The molecule has 1 saturated heterocycles. The summed E-state index contributed by atoms with van der Waals surface area (Å²) in [5.74, 6) is 0.473. The Balaban J connectivity index is 0.981. The normalized spacial score (nSPS) is 23.4. The first kappa shape index (κ1) is 31.8. The smallest absolute Gasteiger partial charge is 0.367 e. The minimum absolute atomic E-state index is 0.0981. The highest BCUT2D eigenvalue weighted by Gasteiger charge is 2.68. The number of hydrogen-bond acceptors (Lipinski definition) is 8. The first-order valence-electron chi connectivity index (χ1n) is 16.1. The van der Waals surface area contributed by atoms with Crippen molar-refractivity contribution in [3.05, 3.63) is 52.3 Å². The maximum absolute atomic E-state index is 12.9. The Kier molecular flexibility index (Phi) is 7.57. The minimum Gasteiger partial charge on any atom is -0.367 e. The molecule has 2 bridgehead atoms. The number of aromatic nitrogens is 3. The first-order chi connectivity index (χ1) is 22.1. The van der Waals surface area contributed by atoms with Crippen molar-refractivity contribution in [2.45, 2.75) is 95.7 Å². The molecule has 13 heteroatoms. The van der Waals surface area contributed by atoms with Crippen molar-refractivity contribution in [2.75, 3.05) is 18.4 Å².